The molecule has 0 unspecified atom stereocenters. The van der Waals surface area contributed by atoms with Gasteiger partial charge in [-0.1, -0.05) is 6.92 Å². The topological polar surface area (TPSA) is 89.7 Å². The third kappa shape index (κ3) is 2.64. The molecule has 0 aromatic heterocycles. The van der Waals surface area contributed by atoms with Crippen molar-refractivity contribution >= 4 is 15.9 Å². The van der Waals surface area contributed by atoms with Crippen LogP contribution in [0.25, 0.3) is 0 Å². The molecule has 1 amide bonds. The first-order valence-electron chi connectivity index (χ1n) is 6.41. The molecule has 1 aromatic carbocycles. The van der Waals surface area contributed by atoms with Crippen LogP contribution in [-0.4, -0.2) is 38.3 Å². The highest BCUT2D eigenvalue weighted by molar-refractivity contribution is 7.89. The van der Waals surface area contributed by atoms with Crippen LogP contribution in [0.4, 0.5) is 0 Å². The van der Waals surface area contributed by atoms with Crippen LogP contribution in [0, 0.1) is 0 Å². The number of methoxy groups -OCH3 is 1. The average molecular weight is 298 g/mol. The first-order chi connectivity index (χ1) is 9.41. The van der Waals surface area contributed by atoms with E-state index in [1.54, 1.807) is 6.92 Å². The lowest BCUT2D eigenvalue weighted by Gasteiger charge is -2.20. The zero-order chi connectivity index (χ0) is 14.9. The van der Waals surface area contributed by atoms with Gasteiger partial charge >= 0.3 is 0 Å². The highest BCUT2D eigenvalue weighted by Crippen LogP contribution is 2.32. The molecule has 110 valence electrons. The van der Waals surface area contributed by atoms with E-state index in [9.17, 15) is 13.2 Å². The molecule has 0 aliphatic heterocycles. The van der Waals surface area contributed by atoms with Gasteiger partial charge < -0.3 is 10.5 Å². The maximum absolute atomic E-state index is 12.6. The van der Waals surface area contributed by atoms with Gasteiger partial charge in [0.25, 0.3) is 5.91 Å². The summed E-state index contributed by atoms with van der Waals surface area (Å²) in [5.74, 6) is -0.445. The number of nitrogens with two attached hydrogens (primary N) is 1. The fourth-order valence-electron chi connectivity index (χ4n) is 2.16. The van der Waals surface area contributed by atoms with Crippen LogP contribution in [0.5, 0.6) is 5.75 Å². The summed E-state index contributed by atoms with van der Waals surface area (Å²) in [6, 6.07) is 4.24. The number of carbonyl (C=O) groups is 1. The fourth-order valence-corrected chi connectivity index (χ4v) is 3.88. The Balaban J connectivity index is 2.46. The SMILES string of the molecule is CCN(C1CC1)S(=O)(=O)c1ccc(OC)c(C(N)=O)c1. The van der Waals surface area contributed by atoms with Crippen molar-refractivity contribution < 1.29 is 17.9 Å². The lowest BCUT2D eigenvalue weighted by atomic mass is 10.2. The zero-order valence-electron chi connectivity index (χ0n) is 11.5. The molecule has 0 bridgehead atoms. The number of nitrogens with zero attached hydrogens (tertiary/aromatic N) is 1. The van der Waals surface area contributed by atoms with Gasteiger partial charge in [-0.3, -0.25) is 4.79 Å². The number of sulfonamides is 1. The van der Waals surface area contributed by atoms with Crippen molar-refractivity contribution in [2.24, 2.45) is 5.73 Å². The van der Waals surface area contributed by atoms with Gasteiger partial charge in [0.1, 0.15) is 5.75 Å². The maximum atomic E-state index is 12.6. The van der Waals surface area contributed by atoms with Crippen molar-refractivity contribution in [2.45, 2.75) is 30.7 Å². The summed E-state index contributed by atoms with van der Waals surface area (Å²) < 4.78 is 31.6. The van der Waals surface area contributed by atoms with E-state index in [0.29, 0.717) is 6.54 Å². The number of ether oxygens (including phenoxy) is 1. The van der Waals surface area contributed by atoms with Crippen molar-refractivity contribution in [3.8, 4) is 5.75 Å². The zero-order valence-corrected chi connectivity index (χ0v) is 12.3. The summed E-state index contributed by atoms with van der Waals surface area (Å²) in [4.78, 5) is 11.4. The van der Waals surface area contributed by atoms with Gasteiger partial charge in [0.15, 0.2) is 0 Å². The molecule has 0 radical (unpaired) electrons. The Morgan fingerprint density at radius 2 is 2.10 bits per heavy atom. The van der Waals surface area contributed by atoms with Gasteiger partial charge in [-0.25, -0.2) is 8.42 Å². The third-order valence-electron chi connectivity index (χ3n) is 3.31. The Kier molecular flexibility index (Phi) is 4.01. The second kappa shape index (κ2) is 5.41. The highest BCUT2D eigenvalue weighted by atomic mass is 32.2. The molecule has 2 N–H and O–H groups in total. The molecular formula is C13H18N2O4S. The molecule has 1 aromatic rings. The molecule has 2 rings (SSSR count). The van der Waals surface area contributed by atoms with E-state index in [4.69, 9.17) is 10.5 Å². The molecule has 0 heterocycles. The molecule has 6 nitrogen and oxygen atoms in total. The summed E-state index contributed by atoms with van der Waals surface area (Å²) in [6.45, 7) is 2.21. The largest absolute Gasteiger partial charge is 0.496 e. The quantitative estimate of drug-likeness (QED) is 0.847. The Hall–Kier alpha value is -1.60. The predicted molar refractivity (Wildman–Crippen MR) is 74.1 cm³/mol. The molecule has 1 fully saturated rings. The molecule has 1 aliphatic rings. The predicted octanol–water partition coefficient (Wildman–Crippen LogP) is 0.967. The standard InChI is InChI=1S/C13H18N2O4S/c1-3-15(9-4-5-9)20(17,18)10-6-7-12(19-2)11(8-10)13(14)16/h6-9H,3-5H2,1-2H3,(H2,14,16). The first kappa shape index (κ1) is 14.8. The van der Waals surface area contributed by atoms with Gasteiger partial charge in [0.05, 0.1) is 17.6 Å². The Morgan fingerprint density at radius 1 is 1.45 bits per heavy atom. The Morgan fingerprint density at radius 3 is 2.55 bits per heavy atom. The van der Waals surface area contributed by atoms with Crippen molar-refractivity contribution in [1.82, 2.24) is 4.31 Å². The highest BCUT2D eigenvalue weighted by Gasteiger charge is 2.37. The van der Waals surface area contributed by atoms with Gasteiger partial charge in [-0.2, -0.15) is 4.31 Å². The van der Waals surface area contributed by atoms with Crippen molar-refractivity contribution in [1.29, 1.82) is 0 Å². The lowest BCUT2D eigenvalue weighted by molar-refractivity contribution is 0.0997. The van der Waals surface area contributed by atoms with E-state index in [1.807, 2.05) is 0 Å². The van der Waals surface area contributed by atoms with Crippen LogP contribution in [0.3, 0.4) is 0 Å². The minimum atomic E-state index is -3.60. The van der Waals surface area contributed by atoms with Crippen molar-refractivity contribution in [3.63, 3.8) is 0 Å². The Bertz CT molecular complexity index is 623. The van der Waals surface area contributed by atoms with Crippen LogP contribution in [0.2, 0.25) is 0 Å². The number of hydrogen-bond acceptors (Lipinski definition) is 4. The molecule has 0 atom stereocenters. The minimum Gasteiger partial charge on any atom is -0.496 e. The monoisotopic (exact) mass is 298 g/mol. The molecule has 1 aliphatic carbocycles. The van der Waals surface area contributed by atoms with Crippen LogP contribution < -0.4 is 10.5 Å². The van der Waals surface area contributed by atoms with E-state index < -0.39 is 15.9 Å². The molecular weight excluding hydrogens is 280 g/mol. The molecule has 0 spiro atoms. The molecule has 7 heteroatoms. The number of rotatable bonds is 6. The van der Waals surface area contributed by atoms with Gasteiger partial charge in [0.2, 0.25) is 10.0 Å². The van der Waals surface area contributed by atoms with E-state index in [1.165, 1.54) is 29.6 Å². The first-order valence-corrected chi connectivity index (χ1v) is 7.85. The lowest BCUT2D eigenvalue weighted by Crippen LogP contribution is -2.33. The number of carbonyl (C=O) groups excluding carboxylic acids is 1. The Labute approximate surface area is 118 Å². The van der Waals surface area contributed by atoms with Crippen LogP contribution >= 0.6 is 0 Å². The van der Waals surface area contributed by atoms with E-state index in [-0.39, 0.29) is 22.3 Å². The minimum absolute atomic E-state index is 0.0698. The second-order valence-corrected chi connectivity index (χ2v) is 6.56. The number of primary amides is 1. The van der Waals surface area contributed by atoms with E-state index in [0.717, 1.165) is 12.8 Å². The van der Waals surface area contributed by atoms with Gasteiger partial charge in [0, 0.05) is 12.6 Å². The normalized spacial score (nSPS) is 15.3. The number of benzene rings is 1. The van der Waals surface area contributed by atoms with Crippen LogP contribution in [0.1, 0.15) is 30.1 Å². The smallest absolute Gasteiger partial charge is 0.252 e. The summed E-state index contributed by atoms with van der Waals surface area (Å²) in [6.07, 6.45) is 1.76. The molecule has 1 saturated carbocycles. The molecule has 20 heavy (non-hydrogen) atoms. The second-order valence-electron chi connectivity index (χ2n) is 4.67. The number of hydrogen-bond donors (Lipinski definition) is 1. The fraction of sp³-hybridized carbons (Fsp3) is 0.462. The number of amides is 1. The summed E-state index contributed by atoms with van der Waals surface area (Å²) >= 11 is 0. The van der Waals surface area contributed by atoms with Gasteiger partial charge in [-0.05, 0) is 31.0 Å². The van der Waals surface area contributed by atoms with E-state index >= 15 is 0 Å². The average Bonchev–Trinajstić information content (AvgIpc) is 3.22. The van der Waals surface area contributed by atoms with Crippen molar-refractivity contribution in [2.75, 3.05) is 13.7 Å². The van der Waals surface area contributed by atoms with Crippen LogP contribution in [0.15, 0.2) is 23.1 Å². The van der Waals surface area contributed by atoms with Crippen LogP contribution in [-0.2, 0) is 10.0 Å². The summed E-state index contributed by atoms with van der Waals surface area (Å²) in [5.41, 5.74) is 5.33. The molecule has 0 saturated heterocycles. The third-order valence-corrected chi connectivity index (χ3v) is 5.33. The van der Waals surface area contributed by atoms with Crippen molar-refractivity contribution in [3.05, 3.63) is 23.8 Å². The van der Waals surface area contributed by atoms with E-state index in [2.05, 4.69) is 0 Å². The maximum Gasteiger partial charge on any atom is 0.252 e. The van der Waals surface area contributed by atoms with Gasteiger partial charge in [-0.15, -0.1) is 0 Å². The summed E-state index contributed by atoms with van der Waals surface area (Å²) in [7, 11) is -2.20. The summed E-state index contributed by atoms with van der Waals surface area (Å²) in [5, 5.41) is 0.